The van der Waals surface area contributed by atoms with Crippen LogP contribution in [0.5, 0.6) is 0 Å². The molecule has 2 saturated heterocycles. The first-order chi connectivity index (χ1) is 12.3. The van der Waals surface area contributed by atoms with Crippen LogP contribution in [0, 0.1) is 0 Å². The van der Waals surface area contributed by atoms with Gasteiger partial charge in [-0.15, -0.1) is 0 Å². The lowest BCUT2D eigenvalue weighted by Crippen LogP contribution is -2.52. The van der Waals surface area contributed by atoms with Crippen molar-refractivity contribution in [3.63, 3.8) is 0 Å². The molecule has 0 aliphatic carbocycles. The largest absolute Gasteiger partial charge is 0.385 e. The van der Waals surface area contributed by atoms with Crippen molar-refractivity contribution in [3.05, 3.63) is 0 Å². The van der Waals surface area contributed by atoms with Crippen LogP contribution in [0.2, 0.25) is 0 Å². The maximum Gasteiger partial charge on any atom is 0.193 e. The van der Waals surface area contributed by atoms with E-state index in [1.165, 1.54) is 25.8 Å². The third kappa shape index (κ3) is 6.76. The maximum atomic E-state index is 5.96. The standard InChI is InChI=1S/C19H38N4O2/c1-4-22-11-6-5-8-17(22)16-21-19(20-2)23-12-9-18(10-13-23)25-15-7-14-24-3/h17-18H,4-16H2,1-3H3,(H,20,21). The monoisotopic (exact) mass is 354 g/mol. The third-order valence-electron chi connectivity index (χ3n) is 5.45. The molecule has 2 aliphatic heterocycles. The number of likely N-dealkylation sites (N-methyl/N-ethyl adjacent to an activating group) is 1. The van der Waals surface area contributed by atoms with Crippen LogP contribution in [0.3, 0.4) is 0 Å². The number of ether oxygens (including phenoxy) is 2. The lowest BCUT2D eigenvalue weighted by atomic mass is 10.0. The Labute approximate surface area is 153 Å². The molecule has 0 aromatic rings. The summed E-state index contributed by atoms with van der Waals surface area (Å²) >= 11 is 0. The number of nitrogens with zero attached hydrogens (tertiary/aromatic N) is 3. The molecule has 6 nitrogen and oxygen atoms in total. The minimum absolute atomic E-state index is 0.389. The maximum absolute atomic E-state index is 5.96. The molecule has 25 heavy (non-hydrogen) atoms. The Balaban J connectivity index is 1.69. The molecule has 1 N–H and O–H groups in total. The summed E-state index contributed by atoms with van der Waals surface area (Å²) in [6, 6.07) is 0.650. The van der Waals surface area contributed by atoms with E-state index in [2.05, 4.69) is 27.0 Å². The Morgan fingerprint density at radius 1 is 1.12 bits per heavy atom. The second kappa shape index (κ2) is 11.7. The van der Waals surface area contributed by atoms with Gasteiger partial charge in [0.15, 0.2) is 5.96 Å². The lowest BCUT2D eigenvalue weighted by Gasteiger charge is -2.37. The van der Waals surface area contributed by atoms with Gasteiger partial charge in [0.2, 0.25) is 0 Å². The van der Waals surface area contributed by atoms with Crippen LogP contribution in [0.25, 0.3) is 0 Å². The van der Waals surface area contributed by atoms with Crippen molar-refractivity contribution in [2.75, 3.05) is 60.1 Å². The molecular weight excluding hydrogens is 316 g/mol. The Morgan fingerprint density at radius 3 is 2.60 bits per heavy atom. The zero-order chi connectivity index (χ0) is 17.9. The third-order valence-corrected chi connectivity index (χ3v) is 5.45. The molecule has 0 bridgehead atoms. The van der Waals surface area contributed by atoms with E-state index in [0.717, 1.165) is 64.6 Å². The van der Waals surface area contributed by atoms with E-state index in [1.54, 1.807) is 7.11 Å². The van der Waals surface area contributed by atoms with Crippen molar-refractivity contribution in [1.29, 1.82) is 0 Å². The zero-order valence-electron chi connectivity index (χ0n) is 16.5. The molecule has 0 aromatic heterocycles. The number of methoxy groups -OCH3 is 1. The van der Waals surface area contributed by atoms with Crippen LogP contribution in [0.4, 0.5) is 0 Å². The van der Waals surface area contributed by atoms with Crippen LogP contribution in [0.1, 0.15) is 45.4 Å². The minimum atomic E-state index is 0.389. The normalized spacial score (nSPS) is 23.9. The van der Waals surface area contributed by atoms with Gasteiger partial charge < -0.3 is 19.7 Å². The van der Waals surface area contributed by atoms with Crippen molar-refractivity contribution < 1.29 is 9.47 Å². The van der Waals surface area contributed by atoms with Crippen molar-refractivity contribution in [1.82, 2.24) is 15.1 Å². The highest BCUT2D eigenvalue weighted by Gasteiger charge is 2.24. The van der Waals surface area contributed by atoms with Gasteiger partial charge >= 0.3 is 0 Å². The fourth-order valence-corrected chi connectivity index (χ4v) is 3.94. The molecule has 1 atom stereocenters. The average Bonchev–Trinajstić information content (AvgIpc) is 2.67. The number of nitrogens with one attached hydrogen (secondary N) is 1. The summed E-state index contributed by atoms with van der Waals surface area (Å²) in [5.74, 6) is 1.06. The van der Waals surface area contributed by atoms with E-state index in [0.29, 0.717) is 12.1 Å². The Morgan fingerprint density at radius 2 is 1.92 bits per heavy atom. The predicted molar refractivity (Wildman–Crippen MR) is 103 cm³/mol. The highest BCUT2D eigenvalue weighted by atomic mass is 16.5. The fraction of sp³-hybridized carbons (Fsp3) is 0.947. The highest BCUT2D eigenvalue weighted by Crippen LogP contribution is 2.17. The van der Waals surface area contributed by atoms with Crippen LogP contribution in [-0.2, 0) is 9.47 Å². The summed E-state index contributed by atoms with van der Waals surface area (Å²) in [6.45, 7) is 9.31. The van der Waals surface area contributed by atoms with Crippen LogP contribution in [-0.4, -0.2) is 88.0 Å². The lowest BCUT2D eigenvalue weighted by molar-refractivity contribution is 0.00983. The minimum Gasteiger partial charge on any atom is -0.385 e. The summed E-state index contributed by atoms with van der Waals surface area (Å²) in [5, 5.41) is 3.62. The molecule has 0 amide bonds. The number of rotatable bonds is 8. The predicted octanol–water partition coefficient (Wildman–Crippen LogP) is 1.95. The first-order valence-corrected chi connectivity index (χ1v) is 10.1. The van der Waals surface area contributed by atoms with E-state index in [4.69, 9.17) is 9.47 Å². The van der Waals surface area contributed by atoms with Crippen molar-refractivity contribution >= 4 is 5.96 Å². The number of likely N-dealkylation sites (tertiary alicyclic amines) is 2. The van der Waals surface area contributed by atoms with Gasteiger partial charge in [0, 0.05) is 53.0 Å². The highest BCUT2D eigenvalue weighted by molar-refractivity contribution is 5.80. The molecule has 0 spiro atoms. The molecule has 2 fully saturated rings. The van der Waals surface area contributed by atoms with Crippen LogP contribution < -0.4 is 5.32 Å². The Kier molecular flexibility index (Phi) is 9.58. The van der Waals surface area contributed by atoms with Crippen LogP contribution >= 0.6 is 0 Å². The number of hydrogen-bond acceptors (Lipinski definition) is 4. The van der Waals surface area contributed by atoms with Crippen molar-refractivity contribution in [2.45, 2.75) is 57.6 Å². The van der Waals surface area contributed by atoms with Gasteiger partial charge in [-0.25, -0.2) is 0 Å². The summed E-state index contributed by atoms with van der Waals surface area (Å²) in [5.41, 5.74) is 0. The molecule has 146 valence electrons. The quantitative estimate of drug-likeness (QED) is 0.410. The first kappa shape index (κ1) is 20.5. The summed E-state index contributed by atoms with van der Waals surface area (Å²) in [4.78, 5) is 9.50. The van der Waals surface area contributed by atoms with Crippen molar-refractivity contribution in [3.8, 4) is 0 Å². The molecular formula is C19H38N4O2. The van der Waals surface area contributed by atoms with E-state index >= 15 is 0 Å². The van der Waals surface area contributed by atoms with Gasteiger partial charge in [-0.1, -0.05) is 13.3 Å². The Bertz CT molecular complexity index is 384. The zero-order valence-corrected chi connectivity index (χ0v) is 16.5. The molecule has 2 rings (SSSR count). The summed E-state index contributed by atoms with van der Waals surface area (Å²) < 4.78 is 11.0. The Hall–Kier alpha value is -0.850. The topological polar surface area (TPSA) is 49.3 Å². The smallest absolute Gasteiger partial charge is 0.193 e. The molecule has 0 saturated carbocycles. The number of guanidine groups is 1. The number of piperidine rings is 2. The molecule has 6 heteroatoms. The molecule has 0 aromatic carbocycles. The molecule has 2 aliphatic rings. The number of hydrogen-bond donors (Lipinski definition) is 1. The van der Waals surface area contributed by atoms with Gasteiger partial charge in [-0.05, 0) is 45.2 Å². The fourth-order valence-electron chi connectivity index (χ4n) is 3.94. The van der Waals surface area contributed by atoms with E-state index in [-0.39, 0.29) is 0 Å². The van der Waals surface area contributed by atoms with E-state index in [9.17, 15) is 0 Å². The van der Waals surface area contributed by atoms with Gasteiger partial charge in [0.05, 0.1) is 6.10 Å². The molecule has 2 heterocycles. The van der Waals surface area contributed by atoms with Crippen molar-refractivity contribution in [2.24, 2.45) is 4.99 Å². The SMILES string of the molecule is CCN1CCCCC1CNC(=NC)N1CCC(OCCCOC)CC1. The molecule has 0 radical (unpaired) electrons. The van der Waals surface area contributed by atoms with Crippen LogP contribution in [0.15, 0.2) is 4.99 Å². The van der Waals surface area contributed by atoms with Gasteiger partial charge in [-0.2, -0.15) is 0 Å². The second-order valence-corrected chi connectivity index (χ2v) is 7.11. The van der Waals surface area contributed by atoms with Gasteiger partial charge in [0.25, 0.3) is 0 Å². The van der Waals surface area contributed by atoms with Gasteiger partial charge in [-0.3, -0.25) is 9.89 Å². The summed E-state index contributed by atoms with van der Waals surface area (Å²) in [7, 11) is 3.64. The van der Waals surface area contributed by atoms with E-state index < -0.39 is 0 Å². The molecule has 1 unspecified atom stereocenters. The second-order valence-electron chi connectivity index (χ2n) is 7.11. The van der Waals surface area contributed by atoms with Gasteiger partial charge in [0.1, 0.15) is 0 Å². The average molecular weight is 355 g/mol. The first-order valence-electron chi connectivity index (χ1n) is 10.1. The number of aliphatic imine (C=N–C) groups is 1. The summed E-state index contributed by atoms with van der Waals surface area (Å²) in [6.07, 6.45) is 7.53. The van der Waals surface area contributed by atoms with E-state index in [1.807, 2.05) is 7.05 Å².